The number of unbranched alkanes of at least 4 members (excludes halogenated alkanes) is 11. The van der Waals surface area contributed by atoms with Crippen LogP contribution in [0.4, 0.5) is 0 Å². The van der Waals surface area contributed by atoms with E-state index in [1.165, 1.54) is 89.9 Å². The lowest BCUT2D eigenvalue weighted by molar-refractivity contribution is 0.0697. The lowest BCUT2D eigenvalue weighted by Gasteiger charge is -2.22. The highest BCUT2D eigenvalue weighted by Gasteiger charge is 2.13. The summed E-state index contributed by atoms with van der Waals surface area (Å²) in [4.78, 5) is 10.6. The van der Waals surface area contributed by atoms with Crippen LogP contribution in [0.2, 0.25) is 0 Å². The van der Waals surface area contributed by atoms with Crippen molar-refractivity contribution in [1.29, 1.82) is 0 Å². The summed E-state index contributed by atoms with van der Waals surface area (Å²) in [7, 11) is 0. The van der Waals surface area contributed by atoms with Gasteiger partial charge in [-0.05, 0) is 42.5 Å². The fraction of sp³-hybridized carbons (Fsp3) is 0.759. The van der Waals surface area contributed by atoms with Gasteiger partial charge in [0.2, 0.25) is 0 Å². The second-order valence-corrected chi connectivity index (χ2v) is 9.83. The number of ether oxygens (including phenoxy) is 1. The summed E-state index contributed by atoms with van der Waals surface area (Å²) >= 11 is 0. The van der Waals surface area contributed by atoms with Gasteiger partial charge in [0.1, 0.15) is 5.75 Å². The van der Waals surface area contributed by atoms with Crippen LogP contribution >= 0.6 is 0 Å². The molecule has 0 radical (unpaired) electrons. The highest BCUT2D eigenvalue weighted by atomic mass is 16.5. The monoisotopic (exact) mass is 448 g/mol. The third-order valence-electron chi connectivity index (χ3n) is 6.28. The Labute approximate surface area is 199 Å². The van der Waals surface area contributed by atoms with Gasteiger partial charge in [-0.2, -0.15) is 0 Å². The second kappa shape index (κ2) is 20.1. The van der Waals surface area contributed by atoms with Gasteiger partial charge < -0.3 is 9.84 Å². The van der Waals surface area contributed by atoms with Crippen LogP contribution in [-0.4, -0.2) is 17.7 Å². The number of hydrogen-bond donors (Lipinski definition) is 1. The second-order valence-electron chi connectivity index (χ2n) is 9.83. The molecule has 1 rings (SSSR count). The smallest absolute Gasteiger partial charge is 0.335 e. The third kappa shape index (κ3) is 18.1. The van der Waals surface area contributed by atoms with E-state index in [2.05, 4.69) is 34.6 Å². The number of carbonyl (C=O) groups is 1. The predicted octanol–water partition coefficient (Wildman–Crippen LogP) is 9.69. The molecule has 1 aromatic carbocycles. The van der Waals surface area contributed by atoms with E-state index >= 15 is 0 Å². The zero-order chi connectivity index (χ0) is 24.1. The molecule has 1 N–H and O–H groups in total. The van der Waals surface area contributed by atoms with Gasteiger partial charge in [-0.25, -0.2) is 4.79 Å². The molecule has 0 aliphatic rings. The Morgan fingerprint density at radius 2 is 1.22 bits per heavy atom. The molecule has 0 spiro atoms. The first-order chi connectivity index (χ1) is 15.4. The number of benzene rings is 1. The third-order valence-corrected chi connectivity index (χ3v) is 6.28. The van der Waals surface area contributed by atoms with Crippen molar-refractivity contribution in [2.75, 3.05) is 6.61 Å². The van der Waals surface area contributed by atoms with Crippen LogP contribution in [-0.2, 0) is 0 Å². The summed E-state index contributed by atoms with van der Waals surface area (Å²) in [5, 5.41) is 8.71. The van der Waals surface area contributed by atoms with Crippen LogP contribution < -0.4 is 4.74 Å². The van der Waals surface area contributed by atoms with Gasteiger partial charge in [0.05, 0.1) is 12.2 Å². The lowest BCUT2D eigenvalue weighted by Crippen LogP contribution is -2.08. The summed E-state index contributed by atoms with van der Waals surface area (Å²) in [6.07, 6.45) is 20.5. The van der Waals surface area contributed by atoms with Gasteiger partial charge in [-0.1, -0.05) is 118 Å². The molecule has 0 fully saturated rings. The molecule has 0 heterocycles. The summed E-state index contributed by atoms with van der Waals surface area (Å²) in [5.74, 6) is -0.170. The van der Waals surface area contributed by atoms with E-state index in [9.17, 15) is 4.79 Å². The van der Waals surface area contributed by atoms with Crippen molar-refractivity contribution < 1.29 is 14.6 Å². The molecule has 0 unspecified atom stereocenters. The number of rotatable bonds is 18. The molecule has 0 atom stereocenters. The first kappa shape index (κ1) is 30.5. The van der Waals surface area contributed by atoms with Crippen LogP contribution in [0.1, 0.15) is 141 Å². The first-order valence-corrected chi connectivity index (χ1v) is 13.3. The quantitative estimate of drug-likeness (QED) is 0.227. The fourth-order valence-corrected chi connectivity index (χ4v) is 3.50. The Morgan fingerprint density at radius 1 is 0.750 bits per heavy atom. The van der Waals surface area contributed by atoms with Gasteiger partial charge in [0, 0.05) is 0 Å². The summed E-state index contributed by atoms with van der Waals surface area (Å²) in [5.41, 5.74) is 0.875. The van der Waals surface area contributed by atoms with E-state index in [0.29, 0.717) is 17.6 Å². The van der Waals surface area contributed by atoms with Crippen LogP contribution in [0.5, 0.6) is 5.75 Å². The highest BCUT2D eigenvalue weighted by molar-refractivity contribution is 5.87. The minimum absolute atomic E-state index is 0.290. The normalized spacial score (nSPS) is 11.0. The minimum Gasteiger partial charge on any atom is -0.494 e. The van der Waals surface area contributed by atoms with E-state index in [1.807, 2.05) is 0 Å². The van der Waals surface area contributed by atoms with Crippen LogP contribution in [0.25, 0.3) is 0 Å². The molecular formula is C29H52O3. The van der Waals surface area contributed by atoms with Crippen LogP contribution in [0.15, 0.2) is 24.3 Å². The van der Waals surface area contributed by atoms with E-state index in [0.717, 1.165) is 12.2 Å². The van der Waals surface area contributed by atoms with Crippen molar-refractivity contribution in [1.82, 2.24) is 0 Å². The van der Waals surface area contributed by atoms with Gasteiger partial charge >= 0.3 is 5.97 Å². The summed E-state index contributed by atoms with van der Waals surface area (Å²) in [6, 6.07) is 6.51. The number of carboxylic acid groups (broad SMARTS) is 1. The Balaban J connectivity index is 0.000000601. The molecule has 3 heteroatoms. The molecule has 32 heavy (non-hydrogen) atoms. The summed E-state index contributed by atoms with van der Waals surface area (Å²) < 4.78 is 5.49. The van der Waals surface area contributed by atoms with E-state index in [1.54, 1.807) is 24.3 Å². The van der Waals surface area contributed by atoms with Crippen molar-refractivity contribution >= 4 is 5.97 Å². The molecule has 3 nitrogen and oxygen atoms in total. The Hall–Kier alpha value is -1.51. The highest BCUT2D eigenvalue weighted by Crippen LogP contribution is 2.27. The Bertz CT molecular complexity index is 548. The Kier molecular flexibility index (Phi) is 19.2. The maximum Gasteiger partial charge on any atom is 0.335 e. The maximum atomic E-state index is 10.6. The predicted molar refractivity (Wildman–Crippen MR) is 139 cm³/mol. The van der Waals surface area contributed by atoms with Crippen molar-refractivity contribution in [3.8, 4) is 5.75 Å². The fourth-order valence-electron chi connectivity index (χ4n) is 3.50. The van der Waals surface area contributed by atoms with Crippen molar-refractivity contribution in [2.24, 2.45) is 5.41 Å². The molecule has 0 aliphatic heterocycles. The molecule has 0 bridgehead atoms. The molecule has 0 aliphatic carbocycles. The molecule has 0 aromatic heterocycles. The number of hydrogen-bond acceptors (Lipinski definition) is 2. The molecule has 0 amide bonds. The van der Waals surface area contributed by atoms with Crippen molar-refractivity contribution in [3.05, 3.63) is 29.8 Å². The Morgan fingerprint density at radius 3 is 1.69 bits per heavy atom. The standard InChI is InChI=1S/C16H34.C13H18O3/c1-5-7-8-9-10-11-12-13-14-15-16(3,4)6-2;1-2-3-4-5-10-16-12-8-6-11(7-9-12)13(14)15/h5-15H2,1-4H3;6-9H,2-5,10H2,1H3,(H,14,15). The molecular weight excluding hydrogens is 396 g/mol. The summed E-state index contributed by atoms with van der Waals surface area (Å²) in [6.45, 7) is 12.3. The van der Waals surface area contributed by atoms with E-state index < -0.39 is 5.97 Å². The average Bonchev–Trinajstić information content (AvgIpc) is 2.78. The van der Waals surface area contributed by atoms with Gasteiger partial charge in [-0.3, -0.25) is 0 Å². The van der Waals surface area contributed by atoms with Crippen LogP contribution in [0.3, 0.4) is 0 Å². The molecule has 0 saturated heterocycles. The van der Waals surface area contributed by atoms with Crippen molar-refractivity contribution in [2.45, 2.75) is 131 Å². The number of carboxylic acids is 1. The average molecular weight is 449 g/mol. The first-order valence-electron chi connectivity index (χ1n) is 13.3. The van der Waals surface area contributed by atoms with Gasteiger partial charge in [0.25, 0.3) is 0 Å². The molecule has 1 aromatic rings. The van der Waals surface area contributed by atoms with Gasteiger partial charge in [0.15, 0.2) is 0 Å². The van der Waals surface area contributed by atoms with Gasteiger partial charge in [-0.15, -0.1) is 0 Å². The largest absolute Gasteiger partial charge is 0.494 e. The molecule has 186 valence electrons. The molecule has 0 saturated carbocycles. The maximum absolute atomic E-state index is 10.6. The number of aromatic carboxylic acids is 1. The van der Waals surface area contributed by atoms with Crippen molar-refractivity contribution in [3.63, 3.8) is 0 Å². The minimum atomic E-state index is -0.908. The SMILES string of the molecule is CCCCCCCCCCCC(C)(C)CC.CCCCCCOc1ccc(C(=O)O)cc1. The zero-order valence-electron chi connectivity index (χ0n) is 21.9. The topological polar surface area (TPSA) is 46.5 Å². The van der Waals surface area contributed by atoms with Crippen LogP contribution in [0, 0.1) is 5.41 Å². The lowest BCUT2D eigenvalue weighted by atomic mass is 9.84. The zero-order valence-corrected chi connectivity index (χ0v) is 21.9. The van der Waals surface area contributed by atoms with E-state index in [4.69, 9.17) is 9.84 Å². The van der Waals surface area contributed by atoms with E-state index in [-0.39, 0.29) is 0 Å².